The summed E-state index contributed by atoms with van der Waals surface area (Å²) in [4.78, 5) is 21.7. The summed E-state index contributed by atoms with van der Waals surface area (Å²) in [7, 11) is -3.38. The molecule has 2 N–H and O–H groups in total. The van der Waals surface area contributed by atoms with E-state index in [0.29, 0.717) is 18.6 Å². The van der Waals surface area contributed by atoms with E-state index in [2.05, 4.69) is 46.0 Å². The van der Waals surface area contributed by atoms with Crippen LogP contribution in [0.15, 0.2) is 11.6 Å². The Bertz CT molecular complexity index is 976. The Balaban J connectivity index is 1.23. The maximum atomic E-state index is 12.5. The molecule has 4 aliphatic rings. The van der Waals surface area contributed by atoms with Crippen molar-refractivity contribution in [3.8, 4) is 0 Å². The normalized spacial score (nSPS) is 36.3. The summed E-state index contributed by atoms with van der Waals surface area (Å²) in [5.74, 6) is 5.05. The number of unbranched alkanes of at least 4 members (excludes halogenated alkanes) is 3. The second-order valence-electron chi connectivity index (χ2n) is 15.5. The average molecular weight is 608 g/mol. The molecule has 0 aromatic rings. The van der Waals surface area contributed by atoms with Gasteiger partial charge in [0.25, 0.3) is 0 Å². The molecule has 3 saturated carbocycles. The lowest BCUT2D eigenvalue weighted by molar-refractivity contribution is -0.0581. The zero-order valence-electron chi connectivity index (χ0n) is 27.7. The van der Waals surface area contributed by atoms with E-state index in [-0.39, 0.29) is 17.6 Å². The summed E-state index contributed by atoms with van der Waals surface area (Å²) in [6.45, 7) is 14.6. The minimum atomic E-state index is -3.38. The molecule has 0 saturated heterocycles. The van der Waals surface area contributed by atoms with Crippen LogP contribution in [-0.4, -0.2) is 36.9 Å². The summed E-state index contributed by atoms with van der Waals surface area (Å²) in [5.41, 5.74) is 2.35. The molecule has 0 aromatic carbocycles. The van der Waals surface area contributed by atoms with E-state index in [4.69, 9.17) is 14.2 Å². The van der Waals surface area contributed by atoms with Crippen molar-refractivity contribution < 1.29 is 23.5 Å². The number of carbonyl (C=O) groups is 1. The molecule has 9 atom stereocenters. The molecule has 42 heavy (non-hydrogen) atoms. The lowest BCUT2D eigenvalue weighted by atomic mass is 9.47. The zero-order valence-corrected chi connectivity index (χ0v) is 28.6. The Morgan fingerprint density at radius 1 is 1.02 bits per heavy atom. The van der Waals surface area contributed by atoms with Crippen LogP contribution in [0.4, 0.5) is 4.79 Å². The Morgan fingerprint density at radius 3 is 2.52 bits per heavy atom. The first-order chi connectivity index (χ1) is 19.8. The van der Waals surface area contributed by atoms with Crippen LogP contribution in [0.25, 0.3) is 0 Å². The standard InChI is InChI=1S/C35H62NO5P/c1-25(2)12-11-13-26(3)30-16-17-31-29-15-14-27-24-28(18-20-34(27,4)32(29)19-21-35(30,31)5)41-33(37)36-22-9-7-8-10-23-40-42(6,38)39/h14,25-26,28-32H,7-13,15-24H2,1-6H3,(H,36,37)(H,38,39)/t26-,28-,29+,30-,31+,32+,34+,35-/m1/s1. The second kappa shape index (κ2) is 14.5. The number of hydrogen-bond donors (Lipinski definition) is 2. The highest BCUT2D eigenvalue weighted by molar-refractivity contribution is 7.51. The average Bonchev–Trinajstić information content (AvgIpc) is 3.27. The third kappa shape index (κ3) is 8.25. The third-order valence-electron chi connectivity index (χ3n) is 12.2. The highest BCUT2D eigenvalue weighted by atomic mass is 31.2. The number of nitrogens with one attached hydrogen (secondary N) is 1. The summed E-state index contributed by atoms with van der Waals surface area (Å²) in [6.07, 6.45) is 19.8. The Labute approximate surface area is 257 Å². The lowest BCUT2D eigenvalue weighted by Crippen LogP contribution is -2.51. The van der Waals surface area contributed by atoms with Gasteiger partial charge in [0.2, 0.25) is 0 Å². The van der Waals surface area contributed by atoms with Gasteiger partial charge in [0.05, 0.1) is 6.61 Å². The quantitative estimate of drug-likeness (QED) is 0.117. The molecule has 242 valence electrons. The van der Waals surface area contributed by atoms with Crippen molar-refractivity contribution in [1.82, 2.24) is 5.32 Å². The summed E-state index contributed by atoms with van der Waals surface area (Å²) >= 11 is 0. The lowest BCUT2D eigenvalue weighted by Gasteiger charge is -2.58. The van der Waals surface area contributed by atoms with Crippen LogP contribution in [0.3, 0.4) is 0 Å². The molecule has 4 rings (SSSR count). The zero-order chi connectivity index (χ0) is 30.5. The van der Waals surface area contributed by atoms with Gasteiger partial charge in [0.1, 0.15) is 6.10 Å². The molecule has 0 spiro atoms. The molecule has 4 aliphatic carbocycles. The molecular weight excluding hydrogens is 545 g/mol. The van der Waals surface area contributed by atoms with Crippen molar-refractivity contribution in [2.24, 2.45) is 46.3 Å². The Kier molecular flexibility index (Phi) is 11.8. The van der Waals surface area contributed by atoms with Gasteiger partial charge in [0, 0.05) is 19.6 Å². The van der Waals surface area contributed by atoms with Gasteiger partial charge in [-0.3, -0.25) is 4.57 Å². The number of carbonyl (C=O) groups excluding carboxylic acids is 1. The molecular formula is C35H62NO5P. The number of fused-ring (bicyclic) bond motifs is 5. The van der Waals surface area contributed by atoms with Crippen LogP contribution in [0.5, 0.6) is 0 Å². The predicted molar refractivity (Wildman–Crippen MR) is 171 cm³/mol. The molecule has 0 radical (unpaired) electrons. The van der Waals surface area contributed by atoms with Crippen molar-refractivity contribution in [3.05, 3.63) is 11.6 Å². The minimum absolute atomic E-state index is 0.0161. The number of ether oxygens (including phenoxy) is 1. The molecule has 0 aromatic heterocycles. The van der Waals surface area contributed by atoms with Gasteiger partial charge in [-0.15, -0.1) is 0 Å². The molecule has 7 heteroatoms. The van der Waals surface area contributed by atoms with Gasteiger partial charge >= 0.3 is 13.7 Å². The van der Waals surface area contributed by atoms with E-state index in [0.717, 1.165) is 80.5 Å². The maximum absolute atomic E-state index is 12.5. The highest BCUT2D eigenvalue weighted by Crippen LogP contribution is 2.67. The van der Waals surface area contributed by atoms with E-state index in [1.165, 1.54) is 58.0 Å². The van der Waals surface area contributed by atoms with Gasteiger partial charge in [-0.1, -0.05) is 78.4 Å². The summed E-state index contributed by atoms with van der Waals surface area (Å²) in [5, 5.41) is 2.94. The molecule has 0 heterocycles. The number of allylic oxidation sites excluding steroid dienone is 1. The molecule has 1 unspecified atom stereocenters. The van der Waals surface area contributed by atoms with E-state index in [9.17, 15) is 9.36 Å². The largest absolute Gasteiger partial charge is 0.446 e. The molecule has 3 fully saturated rings. The van der Waals surface area contributed by atoms with Crippen molar-refractivity contribution in [1.29, 1.82) is 0 Å². The van der Waals surface area contributed by atoms with Gasteiger partial charge in [-0.25, -0.2) is 4.79 Å². The fourth-order valence-electron chi connectivity index (χ4n) is 9.95. The van der Waals surface area contributed by atoms with Crippen LogP contribution < -0.4 is 5.32 Å². The first kappa shape index (κ1) is 34.0. The van der Waals surface area contributed by atoms with Crippen molar-refractivity contribution in [2.45, 2.75) is 137 Å². The van der Waals surface area contributed by atoms with Crippen molar-refractivity contribution in [3.63, 3.8) is 0 Å². The minimum Gasteiger partial charge on any atom is -0.446 e. The number of rotatable bonds is 14. The number of hydrogen-bond acceptors (Lipinski definition) is 4. The number of amides is 1. The van der Waals surface area contributed by atoms with E-state index in [1.54, 1.807) is 5.57 Å². The Hall–Kier alpha value is -0.840. The van der Waals surface area contributed by atoms with Gasteiger partial charge in [-0.2, -0.15) is 0 Å². The van der Waals surface area contributed by atoms with Crippen LogP contribution >= 0.6 is 7.60 Å². The Morgan fingerprint density at radius 2 is 1.79 bits per heavy atom. The van der Waals surface area contributed by atoms with Crippen molar-refractivity contribution >= 4 is 13.7 Å². The van der Waals surface area contributed by atoms with E-state index < -0.39 is 7.60 Å². The topological polar surface area (TPSA) is 84.9 Å². The fraction of sp³-hybridized carbons (Fsp3) is 0.914. The van der Waals surface area contributed by atoms with Gasteiger partial charge < -0.3 is 19.5 Å². The molecule has 6 nitrogen and oxygen atoms in total. The summed E-state index contributed by atoms with van der Waals surface area (Å²) in [6, 6.07) is 0. The maximum Gasteiger partial charge on any atom is 0.407 e. The first-order valence-electron chi connectivity index (χ1n) is 17.4. The molecule has 0 aliphatic heterocycles. The van der Waals surface area contributed by atoms with Crippen LogP contribution in [0, 0.1) is 46.3 Å². The molecule has 0 bridgehead atoms. The predicted octanol–water partition coefficient (Wildman–Crippen LogP) is 9.51. The first-order valence-corrected chi connectivity index (χ1v) is 19.4. The van der Waals surface area contributed by atoms with Crippen LogP contribution in [0.1, 0.15) is 131 Å². The van der Waals surface area contributed by atoms with E-state index in [1.807, 2.05) is 0 Å². The number of alkyl carbamates (subject to hydrolysis) is 1. The van der Waals surface area contributed by atoms with Crippen LogP contribution in [-0.2, 0) is 13.8 Å². The SMILES string of the molecule is CC(C)CCC[C@@H](C)[C@H]1CC[C@H]2[C@@H]3CC=C4C[C@H](OC(=O)NCCCCCCOP(C)(=O)O)CC[C@]4(C)[C@H]3CC[C@]12C. The second-order valence-corrected chi connectivity index (χ2v) is 17.4. The smallest absolute Gasteiger partial charge is 0.407 e. The van der Waals surface area contributed by atoms with Gasteiger partial charge in [0.15, 0.2) is 0 Å². The van der Waals surface area contributed by atoms with Crippen LogP contribution in [0.2, 0.25) is 0 Å². The molecule has 1 amide bonds. The summed E-state index contributed by atoms with van der Waals surface area (Å²) < 4.78 is 21.9. The van der Waals surface area contributed by atoms with E-state index >= 15 is 0 Å². The third-order valence-corrected chi connectivity index (χ3v) is 12.9. The monoisotopic (exact) mass is 607 g/mol. The van der Waals surface area contributed by atoms with Crippen molar-refractivity contribution in [2.75, 3.05) is 19.8 Å². The fourth-order valence-corrected chi connectivity index (χ4v) is 10.4. The van der Waals surface area contributed by atoms with Gasteiger partial charge in [-0.05, 0) is 104 Å². The highest BCUT2D eigenvalue weighted by Gasteiger charge is 2.59.